The summed E-state index contributed by atoms with van der Waals surface area (Å²) in [6.45, 7) is 7.83. The topological polar surface area (TPSA) is 0 Å². The molecular weight excluding hydrogens is 108 g/mol. The summed E-state index contributed by atoms with van der Waals surface area (Å²) in [4.78, 5) is 0. The van der Waals surface area contributed by atoms with Crippen molar-refractivity contribution in [3.8, 4) is 0 Å². The van der Waals surface area contributed by atoms with Crippen molar-refractivity contribution in [2.75, 3.05) is 0 Å². The molecule has 0 heteroatoms. The summed E-state index contributed by atoms with van der Waals surface area (Å²) < 4.78 is 0. The quantitative estimate of drug-likeness (QED) is 0.504. The highest BCUT2D eigenvalue weighted by molar-refractivity contribution is 5.16. The lowest BCUT2D eigenvalue weighted by atomic mass is 10.3. The van der Waals surface area contributed by atoms with Crippen molar-refractivity contribution in [2.45, 2.75) is 20.3 Å². The van der Waals surface area contributed by atoms with E-state index in [-0.39, 0.29) is 0 Å². The Morgan fingerprint density at radius 2 is 2.11 bits per heavy atom. The van der Waals surface area contributed by atoms with Crippen LogP contribution in [0.3, 0.4) is 0 Å². The van der Waals surface area contributed by atoms with E-state index in [1.165, 1.54) is 0 Å². The zero-order valence-corrected chi connectivity index (χ0v) is 6.22. The van der Waals surface area contributed by atoms with Crippen LogP contribution < -0.4 is 0 Å². The molecule has 0 saturated carbocycles. The van der Waals surface area contributed by atoms with Gasteiger partial charge in [-0.15, -0.1) is 0 Å². The Bertz CT molecular complexity index is 127. The van der Waals surface area contributed by atoms with Crippen LogP contribution in [0.15, 0.2) is 36.5 Å². The molecular formula is C9H14. The second-order valence-corrected chi connectivity index (χ2v) is 2.04. The number of allylic oxidation sites excluding steroid dienone is 5. The summed E-state index contributed by atoms with van der Waals surface area (Å²) >= 11 is 0. The van der Waals surface area contributed by atoms with Gasteiger partial charge in [0.15, 0.2) is 0 Å². The van der Waals surface area contributed by atoms with Crippen LogP contribution in [0.5, 0.6) is 0 Å². The molecule has 0 fully saturated rings. The van der Waals surface area contributed by atoms with E-state index in [1.807, 2.05) is 25.2 Å². The molecule has 0 rings (SSSR count). The largest absolute Gasteiger partial charge is 0.0961 e. The third-order valence-electron chi connectivity index (χ3n) is 0.864. The molecule has 0 bridgehead atoms. The fraction of sp³-hybridized carbons (Fsp3) is 0.333. The highest BCUT2D eigenvalue weighted by atomic mass is 13.7. The first kappa shape index (κ1) is 8.22. The van der Waals surface area contributed by atoms with Crippen LogP contribution in [0, 0.1) is 0 Å². The van der Waals surface area contributed by atoms with E-state index in [0.29, 0.717) is 0 Å². The molecule has 9 heavy (non-hydrogen) atoms. The molecule has 0 heterocycles. The molecule has 0 aromatic carbocycles. The average molecular weight is 122 g/mol. The van der Waals surface area contributed by atoms with Gasteiger partial charge in [-0.2, -0.15) is 0 Å². The molecule has 0 saturated heterocycles. The van der Waals surface area contributed by atoms with Crippen LogP contribution >= 0.6 is 0 Å². The lowest BCUT2D eigenvalue weighted by Crippen LogP contribution is -1.58. The van der Waals surface area contributed by atoms with E-state index in [1.54, 1.807) is 0 Å². The van der Waals surface area contributed by atoms with E-state index < -0.39 is 0 Å². The van der Waals surface area contributed by atoms with Crippen LogP contribution in [0.4, 0.5) is 0 Å². The summed E-state index contributed by atoms with van der Waals surface area (Å²) in [5, 5.41) is 0. The highest BCUT2D eigenvalue weighted by Crippen LogP contribution is 1.89. The Hall–Kier alpha value is -0.780. The van der Waals surface area contributed by atoms with E-state index in [0.717, 1.165) is 12.0 Å². The zero-order valence-electron chi connectivity index (χ0n) is 6.22. The van der Waals surface area contributed by atoms with Crippen LogP contribution in [0.2, 0.25) is 0 Å². The SMILES string of the molecule is C=C(C)/C=C\C=C/CC. The molecule has 0 aliphatic carbocycles. The van der Waals surface area contributed by atoms with Gasteiger partial charge >= 0.3 is 0 Å². The minimum atomic E-state index is 1.09. The van der Waals surface area contributed by atoms with Crippen molar-refractivity contribution in [1.29, 1.82) is 0 Å². The summed E-state index contributed by atoms with van der Waals surface area (Å²) in [5.41, 5.74) is 1.09. The Kier molecular flexibility index (Phi) is 4.89. The molecule has 0 N–H and O–H groups in total. The summed E-state index contributed by atoms with van der Waals surface area (Å²) in [6, 6.07) is 0. The summed E-state index contributed by atoms with van der Waals surface area (Å²) in [5.74, 6) is 0. The smallest absolute Gasteiger partial charge is 0.0376 e. The molecule has 0 atom stereocenters. The number of hydrogen-bond acceptors (Lipinski definition) is 0. The maximum Gasteiger partial charge on any atom is -0.0376 e. The third-order valence-corrected chi connectivity index (χ3v) is 0.864. The Labute approximate surface area is 57.6 Å². The van der Waals surface area contributed by atoms with Gasteiger partial charge in [0.25, 0.3) is 0 Å². The predicted molar refractivity (Wildman–Crippen MR) is 43.4 cm³/mol. The maximum atomic E-state index is 3.73. The number of rotatable bonds is 3. The van der Waals surface area contributed by atoms with Gasteiger partial charge in [0.2, 0.25) is 0 Å². The molecule has 0 nitrogen and oxygen atoms in total. The summed E-state index contributed by atoms with van der Waals surface area (Å²) in [6.07, 6.45) is 9.24. The van der Waals surface area contributed by atoms with Crippen LogP contribution in [-0.4, -0.2) is 0 Å². The van der Waals surface area contributed by atoms with E-state index in [2.05, 4.69) is 19.6 Å². The van der Waals surface area contributed by atoms with Gasteiger partial charge in [-0.25, -0.2) is 0 Å². The molecule has 0 amide bonds. The first-order chi connectivity index (χ1) is 4.27. The van der Waals surface area contributed by atoms with Gasteiger partial charge in [0, 0.05) is 0 Å². The van der Waals surface area contributed by atoms with Crippen molar-refractivity contribution in [2.24, 2.45) is 0 Å². The van der Waals surface area contributed by atoms with Crippen LogP contribution in [0.1, 0.15) is 20.3 Å². The lowest BCUT2D eigenvalue weighted by Gasteiger charge is -1.79. The summed E-state index contributed by atoms with van der Waals surface area (Å²) in [7, 11) is 0. The maximum absolute atomic E-state index is 3.73. The van der Waals surface area contributed by atoms with Crippen molar-refractivity contribution in [3.05, 3.63) is 36.5 Å². The molecule has 0 aliphatic heterocycles. The van der Waals surface area contributed by atoms with E-state index >= 15 is 0 Å². The first-order valence-electron chi connectivity index (χ1n) is 3.26. The highest BCUT2D eigenvalue weighted by Gasteiger charge is 1.68. The Morgan fingerprint density at radius 1 is 1.44 bits per heavy atom. The second kappa shape index (κ2) is 5.36. The molecule has 0 spiro atoms. The lowest BCUT2D eigenvalue weighted by molar-refractivity contribution is 1.22. The van der Waals surface area contributed by atoms with Crippen molar-refractivity contribution >= 4 is 0 Å². The zero-order chi connectivity index (χ0) is 7.11. The monoisotopic (exact) mass is 122 g/mol. The second-order valence-electron chi connectivity index (χ2n) is 2.04. The number of hydrogen-bond donors (Lipinski definition) is 0. The van der Waals surface area contributed by atoms with E-state index in [4.69, 9.17) is 0 Å². The average Bonchev–Trinajstić information content (AvgIpc) is 1.80. The molecule has 0 unspecified atom stereocenters. The minimum Gasteiger partial charge on any atom is -0.0961 e. The van der Waals surface area contributed by atoms with Crippen molar-refractivity contribution < 1.29 is 0 Å². The molecule has 0 aliphatic rings. The Morgan fingerprint density at radius 3 is 2.56 bits per heavy atom. The fourth-order valence-electron chi connectivity index (χ4n) is 0.434. The van der Waals surface area contributed by atoms with Crippen molar-refractivity contribution in [3.63, 3.8) is 0 Å². The van der Waals surface area contributed by atoms with Crippen LogP contribution in [-0.2, 0) is 0 Å². The van der Waals surface area contributed by atoms with Gasteiger partial charge < -0.3 is 0 Å². The fourth-order valence-corrected chi connectivity index (χ4v) is 0.434. The van der Waals surface area contributed by atoms with Gasteiger partial charge in [0.1, 0.15) is 0 Å². The van der Waals surface area contributed by atoms with Gasteiger partial charge in [-0.3, -0.25) is 0 Å². The predicted octanol–water partition coefficient (Wildman–Crippen LogP) is 3.08. The molecule has 0 aromatic heterocycles. The van der Waals surface area contributed by atoms with Crippen molar-refractivity contribution in [1.82, 2.24) is 0 Å². The normalized spacial score (nSPS) is 11.3. The molecule has 50 valence electrons. The minimum absolute atomic E-state index is 1.09. The molecule has 0 aromatic rings. The van der Waals surface area contributed by atoms with Crippen LogP contribution in [0.25, 0.3) is 0 Å². The van der Waals surface area contributed by atoms with Gasteiger partial charge in [0.05, 0.1) is 0 Å². The van der Waals surface area contributed by atoms with Gasteiger partial charge in [-0.1, -0.05) is 43.4 Å². The third kappa shape index (κ3) is 7.22. The van der Waals surface area contributed by atoms with Gasteiger partial charge in [-0.05, 0) is 13.3 Å². The first-order valence-corrected chi connectivity index (χ1v) is 3.26. The Balaban J connectivity index is 3.47. The van der Waals surface area contributed by atoms with E-state index in [9.17, 15) is 0 Å². The standard InChI is InChI=1S/C9H14/c1-4-5-6-7-8-9(2)3/h5-8H,2,4H2,1,3H3/b6-5-,8-7-. The molecule has 0 radical (unpaired) electrons.